The number of aryl methyl sites for hydroxylation is 1. The SMILES string of the molecule is CN1CC[C@]2(CCc3ccc(C(=O)NO)cc3C2)C1=O. The molecular formula is C15H18N2O3. The fourth-order valence-electron chi connectivity index (χ4n) is 3.46. The molecule has 1 aromatic carbocycles. The average molecular weight is 274 g/mol. The van der Waals surface area contributed by atoms with E-state index in [-0.39, 0.29) is 11.3 Å². The molecule has 5 nitrogen and oxygen atoms in total. The van der Waals surface area contributed by atoms with E-state index in [1.807, 2.05) is 13.1 Å². The Balaban J connectivity index is 1.94. The van der Waals surface area contributed by atoms with Gasteiger partial charge in [0.25, 0.3) is 5.91 Å². The van der Waals surface area contributed by atoms with Gasteiger partial charge in [-0.15, -0.1) is 0 Å². The summed E-state index contributed by atoms with van der Waals surface area (Å²) < 4.78 is 0. The van der Waals surface area contributed by atoms with Gasteiger partial charge in [0.05, 0.1) is 5.41 Å². The van der Waals surface area contributed by atoms with Gasteiger partial charge in [-0.05, 0) is 48.9 Å². The second-order valence-electron chi connectivity index (χ2n) is 5.86. The maximum Gasteiger partial charge on any atom is 0.274 e. The van der Waals surface area contributed by atoms with Crippen LogP contribution in [-0.2, 0) is 17.6 Å². The summed E-state index contributed by atoms with van der Waals surface area (Å²) in [6.07, 6.45) is 3.33. The van der Waals surface area contributed by atoms with Crippen molar-refractivity contribution in [1.29, 1.82) is 0 Å². The summed E-state index contributed by atoms with van der Waals surface area (Å²) in [7, 11) is 1.85. The van der Waals surface area contributed by atoms with Crippen LogP contribution in [0.15, 0.2) is 18.2 Å². The maximum absolute atomic E-state index is 12.4. The number of carbonyl (C=O) groups is 2. The number of hydrogen-bond donors (Lipinski definition) is 2. The molecule has 1 atom stereocenters. The van der Waals surface area contributed by atoms with E-state index in [1.165, 1.54) is 5.56 Å². The molecule has 1 aromatic rings. The van der Waals surface area contributed by atoms with Crippen LogP contribution in [0.4, 0.5) is 0 Å². The second kappa shape index (κ2) is 4.59. The van der Waals surface area contributed by atoms with Crippen molar-refractivity contribution in [2.45, 2.75) is 25.7 Å². The van der Waals surface area contributed by atoms with Gasteiger partial charge in [0, 0.05) is 19.2 Å². The quantitative estimate of drug-likeness (QED) is 0.596. The molecule has 2 aliphatic rings. The van der Waals surface area contributed by atoms with E-state index < -0.39 is 5.91 Å². The van der Waals surface area contributed by atoms with Crippen LogP contribution in [0, 0.1) is 5.41 Å². The summed E-state index contributed by atoms with van der Waals surface area (Å²) in [4.78, 5) is 25.7. The molecular weight excluding hydrogens is 256 g/mol. The Morgan fingerprint density at radius 3 is 2.80 bits per heavy atom. The molecule has 1 heterocycles. The van der Waals surface area contributed by atoms with Crippen LogP contribution >= 0.6 is 0 Å². The number of amides is 2. The summed E-state index contributed by atoms with van der Waals surface area (Å²) in [5.74, 6) is -0.289. The standard InChI is InChI=1S/C15H18N2O3/c1-17-7-6-15(14(17)19)5-4-10-2-3-11(13(18)16-20)8-12(10)9-15/h2-3,8,20H,4-7,9H2,1H3,(H,16,18)/t15-/m0/s1. The van der Waals surface area contributed by atoms with Crippen molar-refractivity contribution in [3.63, 3.8) is 0 Å². The third-order valence-corrected chi connectivity index (χ3v) is 4.70. The normalized spacial score (nSPS) is 24.9. The van der Waals surface area contributed by atoms with E-state index in [4.69, 9.17) is 5.21 Å². The topological polar surface area (TPSA) is 69.6 Å². The molecule has 1 fully saturated rings. The molecule has 106 valence electrons. The summed E-state index contributed by atoms with van der Waals surface area (Å²) in [6.45, 7) is 0.810. The van der Waals surface area contributed by atoms with Gasteiger partial charge in [0.2, 0.25) is 5.91 Å². The van der Waals surface area contributed by atoms with Gasteiger partial charge in [0.1, 0.15) is 0 Å². The van der Waals surface area contributed by atoms with Gasteiger partial charge in [-0.2, -0.15) is 0 Å². The Bertz CT molecular complexity index is 584. The smallest absolute Gasteiger partial charge is 0.274 e. The monoisotopic (exact) mass is 274 g/mol. The Morgan fingerprint density at radius 1 is 1.35 bits per heavy atom. The Hall–Kier alpha value is -1.88. The molecule has 0 aromatic heterocycles. The summed E-state index contributed by atoms with van der Waals surface area (Å²) >= 11 is 0. The van der Waals surface area contributed by atoms with Gasteiger partial charge in [-0.25, -0.2) is 5.48 Å². The fourth-order valence-corrected chi connectivity index (χ4v) is 3.46. The molecule has 3 rings (SSSR count). The minimum Gasteiger partial charge on any atom is -0.345 e. The summed E-state index contributed by atoms with van der Waals surface area (Å²) in [5.41, 5.74) is 4.06. The predicted molar refractivity (Wildman–Crippen MR) is 72.4 cm³/mol. The average Bonchev–Trinajstić information content (AvgIpc) is 2.74. The highest BCUT2D eigenvalue weighted by molar-refractivity contribution is 5.93. The van der Waals surface area contributed by atoms with Crippen LogP contribution in [0.25, 0.3) is 0 Å². The van der Waals surface area contributed by atoms with Gasteiger partial charge in [0.15, 0.2) is 0 Å². The lowest BCUT2D eigenvalue weighted by Gasteiger charge is -2.33. The lowest BCUT2D eigenvalue weighted by atomic mass is 9.70. The van der Waals surface area contributed by atoms with Crippen LogP contribution in [-0.4, -0.2) is 35.5 Å². The van der Waals surface area contributed by atoms with E-state index in [2.05, 4.69) is 0 Å². The minimum absolute atomic E-state index is 0.222. The van der Waals surface area contributed by atoms with E-state index in [9.17, 15) is 9.59 Å². The van der Waals surface area contributed by atoms with Crippen LogP contribution in [0.1, 0.15) is 34.3 Å². The van der Waals surface area contributed by atoms with Gasteiger partial charge < -0.3 is 4.90 Å². The number of carbonyl (C=O) groups excluding carboxylic acids is 2. The maximum atomic E-state index is 12.4. The number of benzene rings is 1. The van der Waals surface area contributed by atoms with Crippen LogP contribution < -0.4 is 5.48 Å². The first-order valence-electron chi connectivity index (χ1n) is 6.87. The highest BCUT2D eigenvalue weighted by atomic mass is 16.5. The number of hydrogen-bond acceptors (Lipinski definition) is 3. The molecule has 1 aliphatic heterocycles. The van der Waals surface area contributed by atoms with E-state index in [1.54, 1.807) is 22.5 Å². The van der Waals surface area contributed by atoms with Crippen molar-refractivity contribution >= 4 is 11.8 Å². The van der Waals surface area contributed by atoms with Crippen molar-refractivity contribution in [1.82, 2.24) is 10.4 Å². The lowest BCUT2D eigenvalue weighted by molar-refractivity contribution is -0.135. The molecule has 0 bridgehead atoms. The first-order chi connectivity index (χ1) is 9.55. The van der Waals surface area contributed by atoms with Crippen molar-refractivity contribution < 1.29 is 14.8 Å². The molecule has 0 saturated carbocycles. The number of fused-ring (bicyclic) bond motifs is 1. The fraction of sp³-hybridized carbons (Fsp3) is 0.467. The molecule has 20 heavy (non-hydrogen) atoms. The largest absolute Gasteiger partial charge is 0.345 e. The molecule has 2 amide bonds. The van der Waals surface area contributed by atoms with E-state index >= 15 is 0 Å². The Labute approximate surface area is 117 Å². The number of hydroxylamine groups is 1. The van der Waals surface area contributed by atoms with Crippen molar-refractivity contribution in [2.24, 2.45) is 5.41 Å². The highest BCUT2D eigenvalue weighted by Gasteiger charge is 2.46. The molecule has 1 aliphatic carbocycles. The molecule has 1 spiro atoms. The molecule has 0 unspecified atom stereocenters. The van der Waals surface area contributed by atoms with Gasteiger partial charge >= 0.3 is 0 Å². The van der Waals surface area contributed by atoms with Crippen LogP contribution in [0.5, 0.6) is 0 Å². The Morgan fingerprint density at radius 2 is 2.15 bits per heavy atom. The highest BCUT2D eigenvalue weighted by Crippen LogP contribution is 2.43. The number of nitrogens with zero attached hydrogens (tertiary/aromatic N) is 1. The number of nitrogens with one attached hydrogen (secondary N) is 1. The third kappa shape index (κ3) is 1.89. The van der Waals surface area contributed by atoms with Crippen molar-refractivity contribution in [3.05, 3.63) is 34.9 Å². The van der Waals surface area contributed by atoms with Gasteiger partial charge in [-0.1, -0.05) is 6.07 Å². The Kier molecular flexibility index (Phi) is 3.01. The summed E-state index contributed by atoms with van der Waals surface area (Å²) in [5, 5.41) is 8.71. The first-order valence-corrected chi connectivity index (χ1v) is 6.87. The van der Waals surface area contributed by atoms with Gasteiger partial charge in [-0.3, -0.25) is 14.8 Å². The zero-order valence-corrected chi connectivity index (χ0v) is 11.5. The predicted octanol–water partition coefficient (Wildman–Crippen LogP) is 1.14. The van der Waals surface area contributed by atoms with Crippen molar-refractivity contribution in [2.75, 3.05) is 13.6 Å². The zero-order valence-electron chi connectivity index (χ0n) is 11.5. The second-order valence-corrected chi connectivity index (χ2v) is 5.86. The zero-order chi connectivity index (χ0) is 14.3. The minimum atomic E-state index is -0.512. The number of likely N-dealkylation sites (tertiary alicyclic amines) is 1. The lowest BCUT2D eigenvalue weighted by Crippen LogP contribution is -2.37. The van der Waals surface area contributed by atoms with Crippen molar-refractivity contribution in [3.8, 4) is 0 Å². The summed E-state index contributed by atoms with van der Waals surface area (Å²) in [6, 6.07) is 5.44. The van der Waals surface area contributed by atoms with Crippen LogP contribution in [0.2, 0.25) is 0 Å². The molecule has 2 N–H and O–H groups in total. The first kappa shape index (κ1) is 13.1. The third-order valence-electron chi connectivity index (χ3n) is 4.70. The number of rotatable bonds is 1. The van der Waals surface area contributed by atoms with E-state index in [0.29, 0.717) is 12.0 Å². The van der Waals surface area contributed by atoms with Crippen LogP contribution in [0.3, 0.4) is 0 Å². The van der Waals surface area contributed by atoms with E-state index in [0.717, 1.165) is 31.4 Å². The molecule has 5 heteroatoms. The molecule has 0 radical (unpaired) electrons. The molecule has 1 saturated heterocycles.